The number of carbonyl (C=O) groups excluding carboxylic acids is 1. The number of piperidine rings is 1. The molecule has 0 saturated carbocycles. The van der Waals surface area contributed by atoms with Crippen LogP contribution in [-0.2, 0) is 4.74 Å². The molecule has 1 aromatic carbocycles. The lowest BCUT2D eigenvalue weighted by atomic mass is 9.98. The number of likely N-dealkylation sites (tertiary alicyclic amines) is 1. The van der Waals surface area contributed by atoms with Crippen molar-refractivity contribution in [2.75, 3.05) is 39.4 Å². The topological polar surface area (TPSA) is 45.7 Å². The number of aryl methyl sites for hydroxylation is 3. The van der Waals surface area contributed by atoms with Crippen LogP contribution in [-0.4, -0.2) is 66.1 Å². The SMILES string of the molecule is Cc1cc(C)c2c(C(=O)N3CCC[C@H](N4CCOCC4)C3)cc(C)nc2c1. The van der Waals surface area contributed by atoms with E-state index in [1.807, 2.05) is 13.0 Å². The predicted molar refractivity (Wildman–Crippen MR) is 107 cm³/mol. The zero-order chi connectivity index (χ0) is 19.0. The van der Waals surface area contributed by atoms with Gasteiger partial charge in [0.15, 0.2) is 0 Å². The van der Waals surface area contributed by atoms with Gasteiger partial charge in [0.2, 0.25) is 0 Å². The molecule has 0 unspecified atom stereocenters. The number of pyridine rings is 1. The third-order valence-corrected chi connectivity index (χ3v) is 5.85. The molecule has 0 aliphatic carbocycles. The lowest BCUT2D eigenvalue weighted by Crippen LogP contribution is -2.52. The first-order chi connectivity index (χ1) is 13.0. The van der Waals surface area contributed by atoms with Crippen molar-refractivity contribution in [3.8, 4) is 0 Å². The van der Waals surface area contributed by atoms with Gasteiger partial charge in [-0.2, -0.15) is 0 Å². The Morgan fingerprint density at radius 2 is 1.89 bits per heavy atom. The van der Waals surface area contributed by atoms with Crippen molar-refractivity contribution in [3.05, 3.63) is 40.6 Å². The van der Waals surface area contributed by atoms with E-state index in [1.165, 1.54) is 5.56 Å². The van der Waals surface area contributed by atoms with Crippen molar-refractivity contribution >= 4 is 16.8 Å². The van der Waals surface area contributed by atoms with E-state index in [1.54, 1.807) is 0 Å². The van der Waals surface area contributed by atoms with Crippen molar-refractivity contribution in [1.29, 1.82) is 0 Å². The zero-order valence-corrected chi connectivity index (χ0v) is 16.6. The maximum Gasteiger partial charge on any atom is 0.254 e. The molecule has 144 valence electrons. The number of amides is 1. The van der Waals surface area contributed by atoms with Gasteiger partial charge < -0.3 is 9.64 Å². The van der Waals surface area contributed by atoms with Crippen LogP contribution in [0.25, 0.3) is 10.9 Å². The first-order valence-electron chi connectivity index (χ1n) is 10.0. The van der Waals surface area contributed by atoms with Crippen LogP contribution in [0.5, 0.6) is 0 Å². The molecule has 1 amide bonds. The molecule has 3 heterocycles. The number of fused-ring (bicyclic) bond motifs is 1. The number of hydrogen-bond donors (Lipinski definition) is 0. The third-order valence-electron chi connectivity index (χ3n) is 5.85. The second-order valence-electron chi connectivity index (χ2n) is 7.98. The summed E-state index contributed by atoms with van der Waals surface area (Å²) in [5.74, 6) is 0.149. The van der Waals surface area contributed by atoms with Crippen LogP contribution in [0.15, 0.2) is 18.2 Å². The molecule has 5 heteroatoms. The summed E-state index contributed by atoms with van der Waals surface area (Å²) in [6, 6.07) is 6.64. The largest absolute Gasteiger partial charge is 0.379 e. The summed E-state index contributed by atoms with van der Waals surface area (Å²) < 4.78 is 5.49. The molecule has 2 aliphatic rings. The van der Waals surface area contributed by atoms with E-state index in [2.05, 4.69) is 40.8 Å². The van der Waals surface area contributed by atoms with Crippen molar-refractivity contribution in [3.63, 3.8) is 0 Å². The van der Waals surface area contributed by atoms with Gasteiger partial charge in [-0.3, -0.25) is 14.7 Å². The molecule has 4 rings (SSSR count). The Morgan fingerprint density at radius 1 is 1.11 bits per heavy atom. The van der Waals surface area contributed by atoms with Crippen LogP contribution in [0.1, 0.15) is 40.0 Å². The van der Waals surface area contributed by atoms with Gasteiger partial charge in [0, 0.05) is 43.3 Å². The van der Waals surface area contributed by atoms with Crippen LogP contribution in [0, 0.1) is 20.8 Å². The molecule has 27 heavy (non-hydrogen) atoms. The van der Waals surface area contributed by atoms with Crippen molar-refractivity contribution < 1.29 is 9.53 Å². The summed E-state index contributed by atoms with van der Waals surface area (Å²) in [4.78, 5) is 22.7. The molecule has 0 N–H and O–H groups in total. The van der Waals surface area contributed by atoms with Crippen molar-refractivity contribution in [2.24, 2.45) is 0 Å². The van der Waals surface area contributed by atoms with Gasteiger partial charge >= 0.3 is 0 Å². The standard InChI is InChI=1S/C22H29N3O2/c1-15-11-16(2)21-19(13-17(3)23-20(21)12-15)22(26)25-6-4-5-18(14-25)24-7-9-27-10-8-24/h11-13,18H,4-10,14H2,1-3H3/t18-/m0/s1. The van der Waals surface area contributed by atoms with Gasteiger partial charge in [0.1, 0.15) is 0 Å². The Bertz CT molecular complexity index is 853. The van der Waals surface area contributed by atoms with E-state index in [0.29, 0.717) is 6.04 Å². The third kappa shape index (κ3) is 3.71. The van der Waals surface area contributed by atoms with E-state index in [4.69, 9.17) is 4.74 Å². The van der Waals surface area contributed by atoms with E-state index in [9.17, 15) is 4.79 Å². The van der Waals surface area contributed by atoms with Crippen LogP contribution < -0.4 is 0 Å². The van der Waals surface area contributed by atoms with Gasteiger partial charge in [0.05, 0.1) is 24.3 Å². The molecule has 0 radical (unpaired) electrons. The molecule has 1 aromatic heterocycles. The zero-order valence-electron chi connectivity index (χ0n) is 16.6. The molecule has 2 fully saturated rings. The van der Waals surface area contributed by atoms with E-state index in [-0.39, 0.29) is 5.91 Å². The summed E-state index contributed by atoms with van der Waals surface area (Å²) in [7, 11) is 0. The molecule has 0 bridgehead atoms. The number of hydrogen-bond acceptors (Lipinski definition) is 4. The summed E-state index contributed by atoms with van der Waals surface area (Å²) in [5, 5.41) is 1.00. The van der Waals surface area contributed by atoms with Gasteiger partial charge in [-0.1, -0.05) is 6.07 Å². The van der Waals surface area contributed by atoms with E-state index in [0.717, 1.165) is 80.0 Å². The Hall–Kier alpha value is -1.98. The number of ether oxygens (including phenoxy) is 1. The number of carbonyl (C=O) groups is 1. The molecular formula is C22H29N3O2. The minimum Gasteiger partial charge on any atom is -0.379 e. The number of aromatic nitrogens is 1. The molecule has 2 aromatic rings. The summed E-state index contributed by atoms with van der Waals surface area (Å²) in [5.41, 5.74) is 4.94. The second kappa shape index (κ2) is 7.56. The minimum absolute atomic E-state index is 0.149. The van der Waals surface area contributed by atoms with Crippen LogP contribution in [0.2, 0.25) is 0 Å². The average molecular weight is 367 g/mol. The molecular weight excluding hydrogens is 338 g/mol. The predicted octanol–water partition coefficient (Wildman–Crippen LogP) is 3.10. The molecule has 5 nitrogen and oxygen atoms in total. The summed E-state index contributed by atoms with van der Waals surface area (Å²) in [6.07, 6.45) is 2.23. The minimum atomic E-state index is 0.149. The first kappa shape index (κ1) is 18.4. The fourth-order valence-corrected chi connectivity index (χ4v) is 4.61. The Labute approximate surface area is 161 Å². The average Bonchev–Trinajstić information content (AvgIpc) is 2.67. The molecule has 0 spiro atoms. The molecule has 2 saturated heterocycles. The molecule has 1 atom stereocenters. The number of rotatable bonds is 2. The smallest absolute Gasteiger partial charge is 0.254 e. The Balaban J connectivity index is 1.64. The highest BCUT2D eigenvalue weighted by molar-refractivity contribution is 6.07. The fraction of sp³-hybridized carbons (Fsp3) is 0.545. The maximum atomic E-state index is 13.5. The second-order valence-corrected chi connectivity index (χ2v) is 7.98. The van der Waals surface area contributed by atoms with E-state index < -0.39 is 0 Å². The lowest BCUT2D eigenvalue weighted by molar-refractivity contribution is -0.00118. The Kier molecular flexibility index (Phi) is 5.15. The quantitative estimate of drug-likeness (QED) is 0.818. The highest BCUT2D eigenvalue weighted by Crippen LogP contribution is 2.27. The normalized spacial score (nSPS) is 21.6. The fourth-order valence-electron chi connectivity index (χ4n) is 4.61. The maximum absolute atomic E-state index is 13.5. The lowest BCUT2D eigenvalue weighted by Gasteiger charge is -2.41. The highest BCUT2D eigenvalue weighted by Gasteiger charge is 2.30. The Morgan fingerprint density at radius 3 is 2.67 bits per heavy atom. The first-order valence-corrected chi connectivity index (χ1v) is 10.0. The highest BCUT2D eigenvalue weighted by atomic mass is 16.5. The summed E-state index contributed by atoms with van der Waals surface area (Å²) in [6.45, 7) is 11.3. The van der Waals surface area contributed by atoms with Crippen LogP contribution in [0.4, 0.5) is 0 Å². The van der Waals surface area contributed by atoms with Gasteiger partial charge in [-0.05, 0) is 56.9 Å². The van der Waals surface area contributed by atoms with Crippen molar-refractivity contribution in [1.82, 2.24) is 14.8 Å². The van der Waals surface area contributed by atoms with E-state index >= 15 is 0 Å². The van der Waals surface area contributed by atoms with Crippen LogP contribution >= 0.6 is 0 Å². The van der Waals surface area contributed by atoms with Gasteiger partial charge in [0.25, 0.3) is 5.91 Å². The van der Waals surface area contributed by atoms with Crippen LogP contribution in [0.3, 0.4) is 0 Å². The van der Waals surface area contributed by atoms with Gasteiger partial charge in [-0.25, -0.2) is 0 Å². The number of benzene rings is 1. The summed E-state index contributed by atoms with van der Waals surface area (Å²) >= 11 is 0. The van der Waals surface area contributed by atoms with Gasteiger partial charge in [-0.15, -0.1) is 0 Å². The molecule has 2 aliphatic heterocycles. The number of nitrogens with zero attached hydrogens (tertiary/aromatic N) is 3. The monoisotopic (exact) mass is 367 g/mol. The number of morpholine rings is 1. The van der Waals surface area contributed by atoms with Crippen molar-refractivity contribution in [2.45, 2.75) is 39.7 Å².